The van der Waals surface area contributed by atoms with Gasteiger partial charge in [0.25, 0.3) is 5.56 Å². The summed E-state index contributed by atoms with van der Waals surface area (Å²) in [4.78, 5) is 38.8. The van der Waals surface area contributed by atoms with Crippen LogP contribution in [0, 0.1) is 11.6 Å². The molecule has 2 aromatic carbocycles. The number of hydrogen-bond acceptors (Lipinski definition) is 6. The van der Waals surface area contributed by atoms with Gasteiger partial charge in [0.1, 0.15) is 36.1 Å². The summed E-state index contributed by atoms with van der Waals surface area (Å²) in [5.41, 5.74) is -1.20. The van der Waals surface area contributed by atoms with Crippen LogP contribution in [0.3, 0.4) is 0 Å². The van der Waals surface area contributed by atoms with Crippen molar-refractivity contribution >= 4 is 33.1 Å². The van der Waals surface area contributed by atoms with Crippen LogP contribution in [0.5, 0.6) is 11.5 Å². The summed E-state index contributed by atoms with van der Waals surface area (Å²) in [6, 6.07) is 8.83. The Labute approximate surface area is 188 Å². The number of thiophene rings is 1. The molecule has 1 amide bonds. The third-order valence-corrected chi connectivity index (χ3v) is 5.88. The normalized spacial score (nSPS) is 12.7. The molecule has 0 atom stereocenters. The van der Waals surface area contributed by atoms with Crippen LogP contribution >= 0.6 is 11.3 Å². The van der Waals surface area contributed by atoms with E-state index in [1.54, 1.807) is 23.6 Å². The molecular weight excluding hydrogens is 456 g/mol. The fourth-order valence-corrected chi connectivity index (χ4v) is 4.43. The zero-order chi connectivity index (χ0) is 23.1. The predicted octanol–water partition coefficient (Wildman–Crippen LogP) is 2.90. The summed E-state index contributed by atoms with van der Waals surface area (Å²) >= 11 is 1.06. The lowest BCUT2D eigenvalue weighted by Crippen LogP contribution is -2.40. The lowest BCUT2D eigenvalue weighted by Gasteiger charge is -2.19. The van der Waals surface area contributed by atoms with Gasteiger partial charge < -0.3 is 14.8 Å². The molecule has 0 saturated heterocycles. The Balaban J connectivity index is 1.53. The lowest BCUT2D eigenvalue weighted by atomic mass is 10.2. The van der Waals surface area contributed by atoms with Gasteiger partial charge >= 0.3 is 5.69 Å². The second kappa shape index (κ2) is 8.17. The van der Waals surface area contributed by atoms with Gasteiger partial charge in [-0.25, -0.2) is 18.1 Å². The van der Waals surface area contributed by atoms with Crippen molar-refractivity contribution in [3.63, 3.8) is 0 Å². The number of nitrogens with zero attached hydrogens (tertiary/aromatic N) is 2. The summed E-state index contributed by atoms with van der Waals surface area (Å²) in [6.45, 7) is 0.389. The fraction of sp³-hybridized carbons (Fsp3) is 0.136. The number of rotatable bonds is 4. The van der Waals surface area contributed by atoms with Crippen molar-refractivity contribution in [2.45, 2.75) is 6.54 Å². The minimum Gasteiger partial charge on any atom is -0.486 e. The van der Waals surface area contributed by atoms with E-state index in [9.17, 15) is 23.2 Å². The Kier molecular flexibility index (Phi) is 5.17. The molecule has 5 rings (SSSR count). The van der Waals surface area contributed by atoms with Crippen molar-refractivity contribution in [1.82, 2.24) is 9.13 Å². The van der Waals surface area contributed by atoms with Crippen LogP contribution < -0.4 is 26.0 Å². The molecular formula is C22H15F2N3O5S. The fourth-order valence-electron chi connectivity index (χ4n) is 3.60. The van der Waals surface area contributed by atoms with Crippen LogP contribution in [0.25, 0.3) is 15.9 Å². The number of amides is 1. The van der Waals surface area contributed by atoms with Gasteiger partial charge in [-0.3, -0.25) is 14.2 Å². The number of nitrogens with one attached hydrogen (secondary N) is 1. The molecule has 1 aliphatic rings. The quantitative estimate of drug-likeness (QED) is 0.494. The van der Waals surface area contributed by atoms with Crippen LogP contribution in [-0.4, -0.2) is 28.3 Å². The summed E-state index contributed by atoms with van der Waals surface area (Å²) < 4.78 is 40.4. The molecule has 4 aromatic rings. The minimum absolute atomic E-state index is 0.173. The standard InChI is InChI=1S/C22H15F2N3O5S/c23-12-7-13(24)9-15(8-12)27-21(29)20-16(3-6-33-20)26(22(27)30)11-19(28)25-14-1-2-17-18(10-14)32-5-4-31-17/h1-3,6-10H,4-5,11H2,(H,25,28). The molecule has 11 heteroatoms. The van der Waals surface area contributed by atoms with Crippen LogP contribution in [-0.2, 0) is 11.3 Å². The smallest absolute Gasteiger partial charge is 0.336 e. The molecule has 0 bridgehead atoms. The maximum atomic E-state index is 13.8. The Bertz CT molecular complexity index is 1500. The summed E-state index contributed by atoms with van der Waals surface area (Å²) in [6.07, 6.45) is 0. The molecule has 1 aliphatic heterocycles. The molecule has 0 saturated carbocycles. The Hall–Kier alpha value is -3.99. The largest absolute Gasteiger partial charge is 0.486 e. The SMILES string of the molecule is O=C(Cn1c(=O)n(-c2cc(F)cc(F)c2)c(=O)c2sccc21)Nc1ccc2c(c1)OCCO2. The van der Waals surface area contributed by atoms with Crippen LogP contribution in [0.4, 0.5) is 14.5 Å². The highest BCUT2D eigenvalue weighted by molar-refractivity contribution is 7.17. The maximum absolute atomic E-state index is 13.8. The number of carbonyl (C=O) groups is 1. The van der Waals surface area contributed by atoms with Crippen molar-refractivity contribution in [3.8, 4) is 17.2 Å². The van der Waals surface area contributed by atoms with Gasteiger partial charge in [-0.05, 0) is 35.7 Å². The molecule has 0 spiro atoms. The molecule has 2 aromatic heterocycles. The van der Waals surface area contributed by atoms with Gasteiger partial charge in [0.2, 0.25) is 5.91 Å². The molecule has 0 fully saturated rings. The number of ether oxygens (including phenoxy) is 2. The Morgan fingerprint density at radius 3 is 2.48 bits per heavy atom. The van der Waals surface area contributed by atoms with E-state index in [-0.39, 0.29) is 15.9 Å². The zero-order valence-electron chi connectivity index (χ0n) is 16.8. The van der Waals surface area contributed by atoms with E-state index in [0.29, 0.717) is 41.0 Å². The molecule has 0 radical (unpaired) electrons. The van der Waals surface area contributed by atoms with Gasteiger partial charge in [-0.15, -0.1) is 11.3 Å². The number of halogens is 2. The van der Waals surface area contributed by atoms with E-state index in [4.69, 9.17) is 9.47 Å². The molecule has 8 nitrogen and oxygen atoms in total. The average molecular weight is 471 g/mol. The van der Waals surface area contributed by atoms with Crippen molar-refractivity contribution in [1.29, 1.82) is 0 Å². The number of hydrogen-bond donors (Lipinski definition) is 1. The molecule has 0 unspecified atom stereocenters. The first kappa shape index (κ1) is 20.9. The monoisotopic (exact) mass is 471 g/mol. The Morgan fingerprint density at radius 2 is 1.73 bits per heavy atom. The summed E-state index contributed by atoms with van der Waals surface area (Å²) in [7, 11) is 0. The number of carbonyl (C=O) groups excluding carboxylic acids is 1. The average Bonchev–Trinajstić information content (AvgIpc) is 3.26. The predicted molar refractivity (Wildman–Crippen MR) is 118 cm³/mol. The van der Waals surface area contributed by atoms with Crippen molar-refractivity contribution in [2.75, 3.05) is 18.5 Å². The highest BCUT2D eigenvalue weighted by Crippen LogP contribution is 2.32. The van der Waals surface area contributed by atoms with Gasteiger partial charge in [0.15, 0.2) is 11.5 Å². The lowest BCUT2D eigenvalue weighted by molar-refractivity contribution is -0.116. The third kappa shape index (κ3) is 3.87. The summed E-state index contributed by atoms with van der Waals surface area (Å²) in [5.74, 6) is -1.38. The first-order valence-electron chi connectivity index (χ1n) is 9.80. The molecule has 168 valence electrons. The van der Waals surface area contributed by atoms with Gasteiger partial charge in [0, 0.05) is 17.8 Å². The highest BCUT2D eigenvalue weighted by atomic mass is 32.1. The third-order valence-electron chi connectivity index (χ3n) is 4.99. The maximum Gasteiger partial charge on any atom is 0.336 e. The van der Waals surface area contributed by atoms with E-state index in [0.717, 1.165) is 28.0 Å². The van der Waals surface area contributed by atoms with Crippen LogP contribution in [0.2, 0.25) is 0 Å². The number of aromatic nitrogens is 2. The van der Waals surface area contributed by atoms with Crippen molar-refractivity contribution in [3.05, 3.63) is 80.3 Å². The zero-order valence-corrected chi connectivity index (χ0v) is 17.7. The molecule has 0 aliphatic carbocycles. The van der Waals surface area contributed by atoms with E-state index >= 15 is 0 Å². The second-order valence-corrected chi connectivity index (χ2v) is 8.09. The van der Waals surface area contributed by atoms with Gasteiger partial charge in [0.05, 0.1) is 11.2 Å². The first-order chi connectivity index (χ1) is 15.9. The topological polar surface area (TPSA) is 91.6 Å². The van der Waals surface area contributed by atoms with Crippen molar-refractivity contribution in [2.24, 2.45) is 0 Å². The van der Waals surface area contributed by atoms with E-state index < -0.39 is 35.3 Å². The number of benzene rings is 2. The summed E-state index contributed by atoms with van der Waals surface area (Å²) in [5, 5.41) is 4.27. The van der Waals surface area contributed by atoms with E-state index in [1.807, 2.05) is 0 Å². The molecule has 33 heavy (non-hydrogen) atoms. The highest BCUT2D eigenvalue weighted by Gasteiger charge is 2.19. The molecule has 1 N–H and O–H groups in total. The van der Waals surface area contributed by atoms with E-state index in [2.05, 4.69) is 5.32 Å². The van der Waals surface area contributed by atoms with Crippen LogP contribution in [0.1, 0.15) is 0 Å². The number of fused-ring (bicyclic) bond motifs is 2. The number of anilines is 1. The second-order valence-electron chi connectivity index (χ2n) is 7.18. The van der Waals surface area contributed by atoms with Gasteiger partial charge in [-0.1, -0.05) is 0 Å². The van der Waals surface area contributed by atoms with Gasteiger partial charge in [-0.2, -0.15) is 0 Å². The Morgan fingerprint density at radius 1 is 1.00 bits per heavy atom. The van der Waals surface area contributed by atoms with Crippen molar-refractivity contribution < 1.29 is 23.0 Å². The first-order valence-corrected chi connectivity index (χ1v) is 10.7. The molecule has 3 heterocycles. The van der Waals surface area contributed by atoms with Crippen LogP contribution in [0.15, 0.2) is 57.4 Å². The van der Waals surface area contributed by atoms with E-state index in [1.165, 1.54) is 6.07 Å². The minimum atomic E-state index is -0.939.